The van der Waals surface area contributed by atoms with Gasteiger partial charge in [-0.3, -0.25) is 4.79 Å². The van der Waals surface area contributed by atoms with E-state index < -0.39 is 0 Å². The predicted octanol–water partition coefficient (Wildman–Crippen LogP) is 6.58. The van der Waals surface area contributed by atoms with Gasteiger partial charge in [-0.2, -0.15) is 0 Å². The number of hydrogen-bond donors (Lipinski definition) is 0. The van der Waals surface area contributed by atoms with Crippen molar-refractivity contribution in [1.82, 2.24) is 14.5 Å². The van der Waals surface area contributed by atoms with Crippen molar-refractivity contribution in [3.63, 3.8) is 0 Å². The van der Waals surface area contributed by atoms with Crippen LogP contribution in [-0.4, -0.2) is 41.1 Å². The molecule has 0 fully saturated rings. The van der Waals surface area contributed by atoms with E-state index in [-0.39, 0.29) is 23.3 Å². The summed E-state index contributed by atoms with van der Waals surface area (Å²) in [5, 5.41) is 0.196. The molecule has 0 saturated carbocycles. The normalized spacial score (nSPS) is 11.2. The Balaban J connectivity index is 1.75. The number of aromatic nitrogens is 2. The Kier molecular flexibility index (Phi) is 8.34. The number of benzene rings is 3. The number of hydrogen-bond acceptors (Lipinski definition) is 4. The molecule has 8 heteroatoms. The molecule has 3 aromatic carbocycles. The van der Waals surface area contributed by atoms with E-state index >= 15 is 0 Å². The lowest BCUT2D eigenvalue weighted by atomic mass is 10.1. The van der Waals surface area contributed by atoms with Crippen LogP contribution in [0.15, 0.2) is 60.7 Å². The number of carbonyl (C=O) groups is 1. The maximum Gasteiger partial charge on any atom is 0.255 e. The van der Waals surface area contributed by atoms with E-state index in [0.717, 1.165) is 17.5 Å². The van der Waals surface area contributed by atoms with E-state index in [4.69, 9.17) is 26.1 Å². The number of halogens is 2. The van der Waals surface area contributed by atoms with Crippen molar-refractivity contribution in [2.75, 3.05) is 20.8 Å². The van der Waals surface area contributed by atoms with Gasteiger partial charge in [0.05, 0.1) is 48.9 Å². The number of rotatable bonds is 10. The number of fused-ring (bicyclic) bond motifs is 1. The number of imidazole rings is 1. The molecule has 0 aliphatic carbocycles. The number of amides is 1. The summed E-state index contributed by atoms with van der Waals surface area (Å²) < 4.78 is 27.3. The quantitative estimate of drug-likeness (QED) is 0.235. The van der Waals surface area contributed by atoms with E-state index in [1.807, 2.05) is 34.9 Å². The molecule has 0 saturated heterocycles. The zero-order valence-electron chi connectivity index (χ0n) is 21.5. The first kappa shape index (κ1) is 26.5. The van der Waals surface area contributed by atoms with Gasteiger partial charge in [0.2, 0.25) is 0 Å². The van der Waals surface area contributed by atoms with Crippen molar-refractivity contribution >= 4 is 28.5 Å². The Morgan fingerprint density at radius 1 is 1.05 bits per heavy atom. The van der Waals surface area contributed by atoms with Crippen LogP contribution in [-0.2, 0) is 13.1 Å². The molecule has 1 aromatic heterocycles. The second-order valence-corrected chi connectivity index (χ2v) is 9.64. The third-order valence-corrected chi connectivity index (χ3v) is 6.71. The van der Waals surface area contributed by atoms with Crippen LogP contribution in [0, 0.1) is 11.7 Å². The summed E-state index contributed by atoms with van der Waals surface area (Å²) in [6.07, 6.45) is 0.796. The van der Waals surface area contributed by atoms with Gasteiger partial charge in [-0.25, -0.2) is 9.37 Å². The van der Waals surface area contributed by atoms with Crippen molar-refractivity contribution in [2.45, 2.75) is 33.4 Å². The third kappa shape index (κ3) is 5.72. The number of methoxy groups -OCH3 is 2. The summed E-state index contributed by atoms with van der Waals surface area (Å²) in [4.78, 5) is 20.4. The van der Waals surface area contributed by atoms with E-state index in [1.54, 1.807) is 29.2 Å². The molecule has 1 amide bonds. The predicted molar refractivity (Wildman–Crippen MR) is 144 cm³/mol. The third-order valence-electron chi connectivity index (χ3n) is 6.33. The van der Waals surface area contributed by atoms with Gasteiger partial charge >= 0.3 is 0 Å². The van der Waals surface area contributed by atoms with Gasteiger partial charge in [-0.15, -0.1) is 0 Å². The molecule has 0 unspecified atom stereocenters. The first-order chi connectivity index (χ1) is 17.8. The fourth-order valence-electron chi connectivity index (χ4n) is 4.28. The molecule has 0 bridgehead atoms. The Bertz CT molecular complexity index is 1400. The summed E-state index contributed by atoms with van der Waals surface area (Å²) >= 11 is 6.60. The Hall–Kier alpha value is -3.58. The van der Waals surface area contributed by atoms with Crippen LogP contribution >= 0.6 is 11.6 Å². The average molecular weight is 524 g/mol. The topological polar surface area (TPSA) is 56.6 Å². The molecule has 0 N–H and O–H groups in total. The van der Waals surface area contributed by atoms with E-state index in [2.05, 4.69) is 13.8 Å². The number of nitrogens with zero attached hydrogens (tertiary/aromatic N) is 3. The van der Waals surface area contributed by atoms with Crippen molar-refractivity contribution < 1.29 is 18.7 Å². The molecule has 4 aromatic rings. The van der Waals surface area contributed by atoms with Gasteiger partial charge in [0.25, 0.3) is 5.91 Å². The van der Waals surface area contributed by atoms with Gasteiger partial charge in [-0.05, 0) is 42.7 Å². The van der Waals surface area contributed by atoms with Crippen molar-refractivity contribution in [3.8, 4) is 11.5 Å². The molecule has 194 valence electrons. The summed E-state index contributed by atoms with van der Waals surface area (Å²) in [6.45, 7) is 5.26. The molecule has 0 radical (unpaired) electrons. The minimum atomic E-state index is -0.281. The summed E-state index contributed by atoms with van der Waals surface area (Å²) in [5.74, 6) is 1.29. The fraction of sp³-hybridized carbons (Fsp3) is 0.310. The molecule has 0 aliphatic heterocycles. The molecular weight excluding hydrogens is 493 g/mol. The van der Waals surface area contributed by atoms with Crippen LogP contribution in [0.1, 0.15) is 42.0 Å². The lowest BCUT2D eigenvalue weighted by molar-refractivity contribution is 0.0729. The van der Waals surface area contributed by atoms with Gasteiger partial charge in [0.15, 0.2) is 11.5 Å². The van der Waals surface area contributed by atoms with Crippen LogP contribution in [0.5, 0.6) is 11.5 Å². The monoisotopic (exact) mass is 523 g/mol. The van der Waals surface area contributed by atoms with Crippen LogP contribution in [0.2, 0.25) is 5.02 Å². The molecule has 0 atom stereocenters. The highest BCUT2D eigenvalue weighted by Crippen LogP contribution is 2.38. The van der Waals surface area contributed by atoms with Crippen molar-refractivity contribution in [3.05, 3.63) is 88.5 Å². The maximum absolute atomic E-state index is 14.6. The number of para-hydroxylation sites is 2. The van der Waals surface area contributed by atoms with Crippen molar-refractivity contribution in [2.24, 2.45) is 5.92 Å². The van der Waals surface area contributed by atoms with Crippen LogP contribution in [0.4, 0.5) is 4.39 Å². The second kappa shape index (κ2) is 11.6. The molecule has 1 heterocycles. The fourth-order valence-corrected chi connectivity index (χ4v) is 4.60. The lowest BCUT2D eigenvalue weighted by Gasteiger charge is -2.25. The molecule has 4 rings (SSSR count). The minimum absolute atomic E-state index is 0.196. The van der Waals surface area contributed by atoms with Crippen LogP contribution in [0.25, 0.3) is 11.0 Å². The zero-order valence-corrected chi connectivity index (χ0v) is 22.3. The van der Waals surface area contributed by atoms with Crippen molar-refractivity contribution in [1.29, 1.82) is 0 Å². The highest BCUT2D eigenvalue weighted by atomic mass is 35.5. The summed E-state index contributed by atoms with van der Waals surface area (Å²) in [6, 6.07) is 17.7. The maximum atomic E-state index is 14.6. The lowest BCUT2D eigenvalue weighted by Crippen LogP contribution is -2.33. The average Bonchev–Trinajstić information content (AvgIpc) is 3.23. The Labute approximate surface area is 221 Å². The van der Waals surface area contributed by atoms with E-state index in [0.29, 0.717) is 47.5 Å². The Morgan fingerprint density at radius 2 is 1.78 bits per heavy atom. The standard InChI is InChI=1S/C29H31ClFN3O3/c1-19(2)15-16-33(29(35)21-13-14-25(36-3)28(37-4)27(21)30)18-26-32-23-11-7-8-12-24(23)34(26)17-20-9-5-6-10-22(20)31/h5-14,19H,15-18H2,1-4H3. The molecule has 6 nitrogen and oxygen atoms in total. The van der Waals surface area contributed by atoms with Gasteiger partial charge in [-0.1, -0.05) is 55.8 Å². The van der Waals surface area contributed by atoms with Gasteiger partial charge < -0.3 is 18.9 Å². The Morgan fingerprint density at radius 3 is 2.49 bits per heavy atom. The van der Waals surface area contributed by atoms with E-state index in [1.165, 1.54) is 20.3 Å². The first-order valence-corrected chi connectivity index (χ1v) is 12.6. The van der Waals surface area contributed by atoms with Gasteiger partial charge in [0.1, 0.15) is 11.6 Å². The summed E-state index contributed by atoms with van der Waals surface area (Å²) in [5.41, 5.74) is 2.53. The highest BCUT2D eigenvalue weighted by molar-refractivity contribution is 6.35. The zero-order chi connectivity index (χ0) is 26.5. The molecule has 0 spiro atoms. The van der Waals surface area contributed by atoms with Gasteiger partial charge in [0, 0.05) is 12.1 Å². The molecular formula is C29H31ClFN3O3. The van der Waals surface area contributed by atoms with E-state index in [9.17, 15) is 9.18 Å². The van der Waals surface area contributed by atoms with Crippen LogP contribution < -0.4 is 9.47 Å². The smallest absolute Gasteiger partial charge is 0.255 e. The second-order valence-electron chi connectivity index (χ2n) is 9.27. The number of carbonyl (C=O) groups excluding carboxylic acids is 1. The minimum Gasteiger partial charge on any atom is -0.493 e. The number of ether oxygens (including phenoxy) is 2. The largest absolute Gasteiger partial charge is 0.493 e. The SMILES string of the molecule is COc1ccc(C(=O)N(CCC(C)C)Cc2nc3ccccc3n2Cc2ccccc2F)c(Cl)c1OC. The molecule has 0 aliphatic rings. The highest BCUT2D eigenvalue weighted by Gasteiger charge is 2.25. The van der Waals surface area contributed by atoms with Crippen LogP contribution in [0.3, 0.4) is 0 Å². The first-order valence-electron chi connectivity index (χ1n) is 12.2. The summed E-state index contributed by atoms with van der Waals surface area (Å²) in [7, 11) is 3.00. The molecule has 37 heavy (non-hydrogen) atoms.